The lowest BCUT2D eigenvalue weighted by Crippen LogP contribution is -2.37. The zero-order valence-corrected chi connectivity index (χ0v) is 37.2. The van der Waals surface area contributed by atoms with Crippen LogP contribution in [0.1, 0.15) is 29.2 Å². The van der Waals surface area contributed by atoms with E-state index in [0.717, 1.165) is 22.7 Å². The minimum Gasteiger partial charge on any atom is -0.333 e. The molecule has 1 aliphatic heterocycles. The molecule has 2 unspecified atom stereocenters. The fourth-order valence-corrected chi connectivity index (χ4v) is 11.7. The predicted octanol–water partition coefficient (Wildman–Crippen LogP) is 16.9. The third-order valence-corrected chi connectivity index (χ3v) is 14.5. The highest BCUT2D eigenvalue weighted by atomic mass is 15.2. The van der Waals surface area contributed by atoms with Gasteiger partial charge in [0.05, 0.1) is 28.5 Å². The van der Waals surface area contributed by atoms with Crippen LogP contribution in [0.3, 0.4) is 0 Å². The van der Waals surface area contributed by atoms with Gasteiger partial charge in [-0.05, 0) is 123 Å². The summed E-state index contributed by atoms with van der Waals surface area (Å²) in [6.07, 6.45) is 9.15. The minimum absolute atomic E-state index is 0.0887. The highest BCUT2D eigenvalue weighted by Crippen LogP contribution is 2.67. The third-order valence-electron chi connectivity index (χ3n) is 14.5. The van der Waals surface area contributed by atoms with Gasteiger partial charge in [0.25, 0.3) is 0 Å². The topological polar surface area (TPSA) is 9.72 Å². The smallest absolute Gasteiger partial charge is 0.0756 e. The van der Waals surface area contributed by atoms with E-state index >= 15 is 0 Å². The van der Waals surface area contributed by atoms with Gasteiger partial charge in [0.1, 0.15) is 0 Å². The molecule has 0 saturated carbocycles. The molecule has 3 heteroatoms. The fraction of sp³-hybridized carbons (Fsp3) is 0.0625. The van der Waals surface area contributed by atoms with Crippen LogP contribution in [-0.2, 0) is 5.41 Å². The third kappa shape index (κ3) is 5.84. The van der Waals surface area contributed by atoms with E-state index in [1.807, 2.05) is 0 Å². The first-order valence-electron chi connectivity index (χ1n) is 23.5. The summed E-state index contributed by atoms with van der Waals surface area (Å²) in [4.78, 5) is 7.55. The second kappa shape index (κ2) is 15.6. The van der Waals surface area contributed by atoms with Gasteiger partial charge in [-0.1, -0.05) is 189 Å². The maximum atomic E-state index is 2.61. The Balaban J connectivity index is 1.23. The standard InChI is InChI=1S/C64H47N3/c1-44-24-14-21-39-57(44)66(47-29-10-4-11-30-47)61-43-56-63(52-36-18-16-34-50(52)61)62-51-35-17-15-33-49(51)60(65(45-25-6-2-7-26-45)46-27-8-3-9-28-46)42-55(62)64(56)53-37-19-22-40-58(53)67(48-31-12-5-13-32-48)59-41-23-20-38-54(59)64/h2-44,57H,1H3. The Morgan fingerprint density at radius 3 is 1.34 bits per heavy atom. The van der Waals surface area contributed by atoms with Gasteiger partial charge in [-0.2, -0.15) is 0 Å². The monoisotopic (exact) mass is 857 g/mol. The van der Waals surface area contributed by atoms with E-state index in [4.69, 9.17) is 0 Å². The average molecular weight is 858 g/mol. The van der Waals surface area contributed by atoms with Crippen LogP contribution in [0.2, 0.25) is 0 Å². The zero-order valence-electron chi connectivity index (χ0n) is 37.2. The predicted molar refractivity (Wildman–Crippen MR) is 281 cm³/mol. The highest BCUT2D eigenvalue weighted by Gasteiger charge is 2.53. The summed E-state index contributed by atoms with van der Waals surface area (Å²) < 4.78 is 0. The molecule has 1 heterocycles. The Bertz CT molecular complexity index is 3470. The average Bonchev–Trinajstić information content (AvgIpc) is 3.69. The molecule has 0 bridgehead atoms. The Kier molecular flexibility index (Phi) is 9.11. The van der Waals surface area contributed by atoms with Crippen LogP contribution >= 0.6 is 0 Å². The number of para-hydroxylation sites is 6. The zero-order chi connectivity index (χ0) is 44.5. The van der Waals surface area contributed by atoms with Crippen molar-refractivity contribution < 1.29 is 0 Å². The molecule has 318 valence electrons. The lowest BCUT2D eigenvalue weighted by Gasteiger charge is -2.45. The van der Waals surface area contributed by atoms with Crippen molar-refractivity contribution in [2.75, 3.05) is 14.7 Å². The molecule has 0 saturated heterocycles. The summed E-state index contributed by atoms with van der Waals surface area (Å²) in [5.41, 5.74) is 16.1. The molecule has 1 spiro atoms. The van der Waals surface area contributed by atoms with Crippen LogP contribution < -0.4 is 14.7 Å². The SMILES string of the molecule is CC1C=CC=CC1N(c1ccccc1)c1cc2c(c3ccccc13)-c1c(cc(N(c3ccccc3)c3ccccc3)c3ccccc13)C21c2ccccc2N(c2ccccc2)c2ccccc21. The molecule has 0 aromatic heterocycles. The molecule has 13 rings (SSSR count). The molecule has 10 aromatic rings. The number of hydrogen-bond donors (Lipinski definition) is 0. The van der Waals surface area contributed by atoms with Crippen molar-refractivity contribution in [2.24, 2.45) is 5.92 Å². The van der Waals surface area contributed by atoms with Gasteiger partial charge < -0.3 is 14.7 Å². The van der Waals surface area contributed by atoms with Crippen LogP contribution in [0.25, 0.3) is 32.7 Å². The molecular formula is C64H47N3. The van der Waals surface area contributed by atoms with Crippen molar-refractivity contribution in [1.29, 1.82) is 0 Å². The molecule has 0 amide bonds. The van der Waals surface area contributed by atoms with Crippen LogP contribution in [0.4, 0.5) is 45.5 Å². The number of rotatable bonds is 7. The molecule has 0 fully saturated rings. The number of benzene rings is 10. The van der Waals surface area contributed by atoms with Crippen molar-refractivity contribution in [3.05, 3.63) is 277 Å². The van der Waals surface area contributed by atoms with E-state index in [9.17, 15) is 0 Å². The van der Waals surface area contributed by atoms with Crippen LogP contribution in [0, 0.1) is 5.92 Å². The van der Waals surface area contributed by atoms with Gasteiger partial charge in [0, 0.05) is 39.2 Å². The first kappa shape index (κ1) is 39.0. The van der Waals surface area contributed by atoms with Gasteiger partial charge in [0.2, 0.25) is 0 Å². The maximum Gasteiger partial charge on any atom is 0.0756 e. The lowest BCUT2D eigenvalue weighted by atomic mass is 9.64. The van der Waals surface area contributed by atoms with E-state index < -0.39 is 5.41 Å². The van der Waals surface area contributed by atoms with Gasteiger partial charge in [-0.3, -0.25) is 0 Å². The van der Waals surface area contributed by atoms with E-state index in [0.29, 0.717) is 0 Å². The van der Waals surface area contributed by atoms with E-state index in [1.165, 1.54) is 77.7 Å². The van der Waals surface area contributed by atoms with Gasteiger partial charge in [0.15, 0.2) is 0 Å². The molecule has 3 nitrogen and oxygen atoms in total. The summed E-state index contributed by atoms with van der Waals surface area (Å²) >= 11 is 0. The van der Waals surface area contributed by atoms with Crippen molar-refractivity contribution in [3.8, 4) is 11.1 Å². The molecule has 10 aromatic carbocycles. The summed E-state index contributed by atoms with van der Waals surface area (Å²) in [6, 6.07) is 85.6. The lowest BCUT2D eigenvalue weighted by molar-refractivity contribution is 0.610. The van der Waals surface area contributed by atoms with Crippen molar-refractivity contribution in [3.63, 3.8) is 0 Å². The van der Waals surface area contributed by atoms with Crippen LogP contribution in [0.5, 0.6) is 0 Å². The number of fused-ring (bicyclic) bond motifs is 13. The first-order chi connectivity index (χ1) is 33.2. The summed E-state index contributed by atoms with van der Waals surface area (Å²) in [6.45, 7) is 2.35. The summed E-state index contributed by atoms with van der Waals surface area (Å²) in [5, 5.41) is 4.91. The summed E-state index contributed by atoms with van der Waals surface area (Å²) in [7, 11) is 0. The van der Waals surface area contributed by atoms with Gasteiger partial charge in [-0.25, -0.2) is 0 Å². The molecule has 2 atom stereocenters. The number of hydrogen-bond acceptors (Lipinski definition) is 3. The quantitative estimate of drug-likeness (QED) is 0.158. The maximum absolute atomic E-state index is 2.61. The summed E-state index contributed by atoms with van der Waals surface area (Å²) in [5.74, 6) is 0.271. The molecule has 0 radical (unpaired) electrons. The van der Waals surface area contributed by atoms with Crippen molar-refractivity contribution in [2.45, 2.75) is 18.4 Å². The molecule has 2 aliphatic carbocycles. The van der Waals surface area contributed by atoms with E-state index in [2.05, 4.69) is 276 Å². The fourth-order valence-electron chi connectivity index (χ4n) is 11.7. The Hall–Kier alpha value is -8.40. The van der Waals surface area contributed by atoms with Gasteiger partial charge >= 0.3 is 0 Å². The molecule has 67 heavy (non-hydrogen) atoms. The second-order valence-corrected chi connectivity index (χ2v) is 18.0. The van der Waals surface area contributed by atoms with E-state index in [-0.39, 0.29) is 12.0 Å². The Morgan fingerprint density at radius 1 is 0.388 bits per heavy atom. The number of allylic oxidation sites excluding steroid dienone is 2. The normalized spacial score (nSPS) is 16.1. The van der Waals surface area contributed by atoms with Crippen molar-refractivity contribution >= 4 is 67.0 Å². The molecule has 3 aliphatic rings. The number of anilines is 8. The second-order valence-electron chi connectivity index (χ2n) is 18.0. The van der Waals surface area contributed by atoms with E-state index in [1.54, 1.807) is 0 Å². The highest BCUT2D eigenvalue weighted by molar-refractivity contribution is 6.19. The number of nitrogens with zero attached hydrogens (tertiary/aromatic N) is 3. The van der Waals surface area contributed by atoms with Crippen molar-refractivity contribution in [1.82, 2.24) is 0 Å². The Morgan fingerprint density at radius 2 is 0.806 bits per heavy atom. The largest absolute Gasteiger partial charge is 0.333 e. The minimum atomic E-state index is -0.740. The first-order valence-corrected chi connectivity index (χ1v) is 23.5. The molecule has 0 N–H and O–H groups in total. The van der Waals surface area contributed by atoms with Crippen LogP contribution in [0.15, 0.2) is 255 Å². The molecular weight excluding hydrogens is 811 g/mol. The van der Waals surface area contributed by atoms with Crippen LogP contribution in [-0.4, -0.2) is 6.04 Å². The van der Waals surface area contributed by atoms with Gasteiger partial charge in [-0.15, -0.1) is 0 Å². The Labute approximate surface area is 392 Å².